The number of hydrogen-bond donors (Lipinski definition) is 0. The van der Waals surface area contributed by atoms with Crippen LogP contribution in [-0.2, 0) is 9.53 Å². The quantitative estimate of drug-likeness (QED) is 0.622. The van der Waals surface area contributed by atoms with Crippen LogP contribution in [0.4, 0.5) is 18.9 Å². The monoisotopic (exact) mass is 273 g/mol. The number of alkyl halides is 3. The third-order valence-corrected chi connectivity index (χ3v) is 2.46. The van der Waals surface area contributed by atoms with Crippen molar-refractivity contribution >= 4 is 17.4 Å². The van der Waals surface area contributed by atoms with Crippen LogP contribution < -0.4 is 0 Å². The molecule has 0 aromatic heterocycles. The fourth-order valence-electron chi connectivity index (χ4n) is 1.54. The van der Waals surface area contributed by atoms with E-state index in [0.29, 0.717) is 5.69 Å². The average Bonchev–Trinajstić information content (AvgIpc) is 2.35. The van der Waals surface area contributed by atoms with Crippen molar-refractivity contribution in [3.63, 3.8) is 0 Å². The number of rotatable bonds is 4. The van der Waals surface area contributed by atoms with Gasteiger partial charge in [-0.05, 0) is 19.1 Å². The number of para-hydroxylation sites is 1. The van der Waals surface area contributed by atoms with Crippen LogP contribution in [-0.4, -0.2) is 25.0 Å². The predicted molar refractivity (Wildman–Crippen MR) is 65.4 cm³/mol. The van der Waals surface area contributed by atoms with Crippen molar-refractivity contribution in [1.82, 2.24) is 0 Å². The molecule has 0 aliphatic carbocycles. The smallest absolute Gasteiger partial charge is 0.402 e. The summed E-state index contributed by atoms with van der Waals surface area (Å²) >= 11 is 0. The van der Waals surface area contributed by atoms with E-state index in [9.17, 15) is 18.0 Å². The molecule has 1 aromatic rings. The highest BCUT2D eigenvalue weighted by molar-refractivity contribution is 5.88. The van der Waals surface area contributed by atoms with Crippen LogP contribution in [0.2, 0.25) is 0 Å². The molecule has 0 N–H and O–H groups in total. The lowest BCUT2D eigenvalue weighted by Gasteiger charge is -2.17. The first-order valence-corrected chi connectivity index (χ1v) is 5.58. The fourth-order valence-corrected chi connectivity index (χ4v) is 1.54. The summed E-state index contributed by atoms with van der Waals surface area (Å²) in [6, 6.07) is 8.58. The Balaban J connectivity index is 2.85. The molecule has 1 aromatic carbocycles. The lowest BCUT2D eigenvalue weighted by Crippen LogP contribution is -2.33. The van der Waals surface area contributed by atoms with Gasteiger partial charge in [0.1, 0.15) is 0 Å². The number of halogens is 3. The van der Waals surface area contributed by atoms with Gasteiger partial charge in [0, 0.05) is 12.1 Å². The van der Waals surface area contributed by atoms with Crippen LogP contribution in [0.5, 0.6) is 0 Å². The number of nitrogens with zero attached hydrogens (tertiary/aromatic N) is 1. The first kappa shape index (κ1) is 15.2. The number of aliphatic imine (C=N–C) groups is 1. The predicted octanol–water partition coefficient (Wildman–Crippen LogP) is 3.52. The summed E-state index contributed by atoms with van der Waals surface area (Å²) in [6.45, 7) is 1.45. The Labute approximate surface area is 109 Å². The molecule has 1 rings (SSSR count). The molecule has 0 aliphatic rings. The van der Waals surface area contributed by atoms with E-state index in [0.717, 1.165) is 7.11 Å². The van der Waals surface area contributed by atoms with Gasteiger partial charge in [-0.1, -0.05) is 18.2 Å². The zero-order chi connectivity index (χ0) is 14.5. The molecule has 0 bridgehead atoms. The Bertz CT molecular complexity index is 455. The standard InChI is InChI=1S/C13H14F3NO2/c1-9(17-10-6-4-3-5-7-10)8-11(12(18)19-2)13(14,15)16/h3-7,11H,8H2,1-2H3. The minimum absolute atomic E-state index is 0.221. The molecule has 0 amide bonds. The van der Waals surface area contributed by atoms with E-state index >= 15 is 0 Å². The van der Waals surface area contributed by atoms with Gasteiger partial charge in [0.15, 0.2) is 5.92 Å². The second kappa shape index (κ2) is 6.36. The normalized spacial score (nSPS) is 14.1. The summed E-state index contributed by atoms with van der Waals surface area (Å²) in [4.78, 5) is 15.2. The molecule has 0 heterocycles. The number of hydrogen-bond acceptors (Lipinski definition) is 3. The Hall–Kier alpha value is -1.85. The molecule has 0 spiro atoms. The highest BCUT2D eigenvalue weighted by atomic mass is 19.4. The molecular weight excluding hydrogens is 259 g/mol. The Morgan fingerprint density at radius 3 is 2.37 bits per heavy atom. The SMILES string of the molecule is COC(=O)C(CC(C)=Nc1ccccc1)C(F)(F)F. The first-order valence-electron chi connectivity index (χ1n) is 5.58. The molecule has 3 nitrogen and oxygen atoms in total. The number of carbonyl (C=O) groups excluding carboxylic acids is 1. The number of carbonyl (C=O) groups is 1. The maximum Gasteiger partial charge on any atom is 0.402 e. The fraction of sp³-hybridized carbons (Fsp3) is 0.385. The number of ether oxygens (including phenoxy) is 1. The average molecular weight is 273 g/mol. The molecule has 0 aliphatic heterocycles. The Morgan fingerprint density at radius 2 is 1.89 bits per heavy atom. The highest BCUT2D eigenvalue weighted by Gasteiger charge is 2.45. The van der Waals surface area contributed by atoms with Gasteiger partial charge in [-0.15, -0.1) is 0 Å². The van der Waals surface area contributed by atoms with E-state index in [2.05, 4.69) is 9.73 Å². The minimum atomic E-state index is -4.64. The molecule has 1 unspecified atom stereocenters. The van der Waals surface area contributed by atoms with Crippen molar-refractivity contribution in [3.8, 4) is 0 Å². The number of methoxy groups -OCH3 is 1. The van der Waals surface area contributed by atoms with Gasteiger partial charge in [0.2, 0.25) is 0 Å². The van der Waals surface area contributed by atoms with E-state index < -0.39 is 24.5 Å². The van der Waals surface area contributed by atoms with Gasteiger partial charge in [-0.2, -0.15) is 13.2 Å². The molecule has 0 saturated carbocycles. The summed E-state index contributed by atoms with van der Waals surface area (Å²) < 4.78 is 42.3. The van der Waals surface area contributed by atoms with E-state index in [4.69, 9.17) is 0 Å². The minimum Gasteiger partial charge on any atom is -0.469 e. The van der Waals surface area contributed by atoms with Crippen LogP contribution in [0.1, 0.15) is 13.3 Å². The zero-order valence-corrected chi connectivity index (χ0v) is 10.6. The van der Waals surface area contributed by atoms with E-state index in [1.807, 2.05) is 0 Å². The van der Waals surface area contributed by atoms with Crippen LogP contribution >= 0.6 is 0 Å². The van der Waals surface area contributed by atoms with Crippen LogP contribution in [0.3, 0.4) is 0 Å². The third kappa shape index (κ3) is 4.73. The second-order valence-electron chi connectivity index (χ2n) is 4.00. The molecule has 0 radical (unpaired) electrons. The molecule has 19 heavy (non-hydrogen) atoms. The van der Waals surface area contributed by atoms with Gasteiger partial charge in [0.05, 0.1) is 12.8 Å². The van der Waals surface area contributed by atoms with Crippen molar-refractivity contribution in [2.24, 2.45) is 10.9 Å². The number of esters is 1. The number of benzene rings is 1. The van der Waals surface area contributed by atoms with Crippen molar-refractivity contribution < 1.29 is 22.7 Å². The topological polar surface area (TPSA) is 38.7 Å². The molecule has 104 valence electrons. The lowest BCUT2D eigenvalue weighted by atomic mass is 10.0. The summed E-state index contributed by atoms with van der Waals surface area (Å²) in [7, 11) is 0.935. The molecule has 0 fully saturated rings. The van der Waals surface area contributed by atoms with Crippen LogP contribution in [0.15, 0.2) is 35.3 Å². The van der Waals surface area contributed by atoms with Gasteiger partial charge in [-0.3, -0.25) is 9.79 Å². The second-order valence-corrected chi connectivity index (χ2v) is 4.00. The largest absolute Gasteiger partial charge is 0.469 e. The molecule has 6 heteroatoms. The zero-order valence-electron chi connectivity index (χ0n) is 10.6. The molecular formula is C13H14F3NO2. The summed E-state index contributed by atoms with van der Waals surface area (Å²) in [5, 5.41) is 0. The highest BCUT2D eigenvalue weighted by Crippen LogP contribution is 2.30. The van der Waals surface area contributed by atoms with E-state index in [1.54, 1.807) is 30.3 Å². The third-order valence-electron chi connectivity index (χ3n) is 2.46. The van der Waals surface area contributed by atoms with Gasteiger partial charge in [0.25, 0.3) is 0 Å². The first-order chi connectivity index (χ1) is 8.84. The van der Waals surface area contributed by atoms with E-state index in [1.165, 1.54) is 6.92 Å². The summed E-state index contributed by atoms with van der Waals surface area (Å²) in [6.07, 6.45) is -5.15. The molecule has 0 saturated heterocycles. The van der Waals surface area contributed by atoms with Crippen molar-refractivity contribution in [3.05, 3.63) is 30.3 Å². The van der Waals surface area contributed by atoms with Gasteiger partial charge in [-0.25, -0.2) is 0 Å². The maximum atomic E-state index is 12.7. The summed E-state index contributed by atoms with van der Waals surface area (Å²) in [5.41, 5.74) is 0.768. The van der Waals surface area contributed by atoms with Crippen LogP contribution in [0.25, 0.3) is 0 Å². The lowest BCUT2D eigenvalue weighted by molar-refractivity contribution is -0.194. The van der Waals surface area contributed by atoms with Crippen molar-refractivity contribution in [2.45, 2.75) is 19.5 Å². The Morgan fingerprint density at radius 1 is 1.32 bits per heavy atom. The summed E-state index contributed by atoms with van der Waals surface area (Å²) in [5.74, 6) is -3.47. The Kier molecular flexibility index (Phi) is 5.09. The van der Waals surface area contributed by atoms with Gasteiger partial charge < -0.3 is 4.74 Å². The van der Waals surface area contributed by atoms with E-state index in [-0.39, 0.29) is 5.71 Å². The molecule has 1 atom stereocenters. The van der Waals surface area contributed by atoms with Crippen LogP contribution in [0, 0.1) is 5.92 Å². The van der Waals surface area contributed by atoms with Crippen molar-refractivity contribution in [1.29, 1.82) is 0 Å². The van der Waals surface area contributed by atoms with Crippen molar-refractivity contribution in [2.75, 3.05) is 7.11 Å². The van der Waals surface area contributed by atoms with Gasteiger partial charge >= 0.3 is 12.1 Å². The maximum absolute atomic E-state index is 12.7.